The second-order valence-electron chi connectivity index (χ2n) is 3.77. The molecule has 98 valence electrons. The number of methoxy groups -OCH3 is 1. The predicted molar refractivity (Wildman–Crippen MR) is 66.2 cm³/mol. The average molecular weight is 242 g/mol. The Morgan fingerprint density at radius 2 is 2.18 bits per heavy atom. The lowest BCUT2D eigenvalue weighted by atomic mass is 10.3. The highest BCUT2D eigenvalue weighted by Crippen LogP contribution is 2.16. The maximum atomic E-state index is 5.63. The molecule has 0 aromatic carbocycles. The van der Waals surface area contributed by atoms with E-state index in [1.807, 2.05) is 25.7 Å². The van der Waals surface area contributed by atoms with Crippen LogP contribution in [-0.2, 0) is 4.74 Å². The van der Waals surface area contributed by atoms with Crippen LogP contribution in [0.1, 0.15) is 32.7 Å². The fourth-order valence-corrected chi connectivity index (χ4v) is 1.51. The molecule has 0 spiro atoms. The maximum absolute atomic E-state index is 5.63. The number of rotatable bonds is 8. The molecule has 1 rings (SSSR count). The van der Waals surface area contributed by atoms with Gasteiger partial charge in [-0.25, -0.2) is 0 Å². The predicted octanol–water partition coefficient (Wildman–Crippen LogP) is 1.21. The van der Waals surface area contributed by atoms with Crippen LogP contribution < -0.4 is 10.2 Å². The Hall–Kier alpha value is -1.14. The molecule has 1 heterocycles. The SMILES string of the molecule is CCNC(C)c1nnc(N(CC)CCOC)o1. The van der Waals surface area contributed by atoms with Gasteiger partial charge in [0, 0.05) is 20.2 Å². The molecule has 1 unspecified atom stereocenters. The molecule has 1 atom stereocenters. The van der Waals surface area contributed by atoms with E-state index in [4.69, 9.17) is 9.15 Å². The molecule has 0 bridgehead atoms. The standard InChI is InChI=1S/C11H22N4O2/c1-5-12-9(3)10-13-14-11(17-10)15(6-2)7-8-16-4/h9,12H,5-8H2,1-4H3. The third-order valence-electron chi connectivity index (χ3n) is 2.53. The zero-order valence-electron chi connectivity index (χ0n) is 11.1. The van der Waals surface area contributed by atoms with Crippen molar-refractivity contribution in [2.24, 2.45) is 0 Å². The van der Waals surface area contributed by atoms with Crippen LogP contribution in [0.3, 0.4) is 0 Å². The van der Waals surface area contributed by atoms with Crippen LogP contribution in [0.2, 0.25) is 0 Å². The Morgan fingerprint density at radius 1 is 1.41 bits per heavy atom. The summed E-state index contributed by atoms with van der Waals surface area (Å²) in [6.45, 7) is 9.20. The van der Waals surface area contributed by atoms with E-state index in [0.29, 0.717) is 18.5 Å². The zero-order chi connectivity index (χ0) is 12.7. The number of hydrogen-bond donors (Lipinski definition) is 1. The van der Waals surface area contributed by atoms with E-state index < -0.39 is 0 Å². The van der Waals surface area contributed by atoms with Gasteiger partial charge in [0.1, 0.15) is 0 Å². The number of nitrogens with zero attached hydrogens (tertiary/aromatic N) is 3. The highest BCUT2D eigenvalue weighted by molar-refractivity contribution is 5.23. The van der Waals surface area contributed by atoms with Crippen LogP contribution in [0.25, 0.3) is 0 Å². The van der Waals surface area contributed by atoms with E-state index >= 15 is 0 Å². The third-order valence-corrected chi connectivity index (χ3v) is 2.53. The summed E-state index contributed by atoms with van der Waals surface area (Å²) in [6, 6.07) is 0.645. The summed E-state index contributed by atoms with van der Waals surface area (Å²) >= 11 is 0. The van der Waals surface area contributed by atoms with Gasteiger partial charge in [0.2, 0.25) is 5.89 Å². The summed E-state index contributed by atoms with van der Waals surface area (Å²) in [6.07, 6.45) is 0. The van der Waals surface area contributed by atoms with Crippen molar-refractivity contribution in [3.8, 4) is 0 Å². The number of likely N-dealkylation sites (N-methyl/N-ethyl adjacent to an activating group) is 1. The van der Waals surface area contributed by atoms with E-state index in [1.165, 1.54) is 0 Å². The van der Waals surface area contributed by atoms with Crippen molar-refractivity contribution in [3.63, 3.8) is 0 Å². The molecular weight excluding hydrogens is 220 g/mol. The first-order chi connectivity index (χ1) is 8.22. The Labute approximate surface area is 102 Å². The Bertz CT molecular complexity index is 316. The topological polar surface area (TPSA) is 63.4 Å². The van der Waals surface area contributed by atoms with Crippen LogP contribution in [0, 0.1) is 0 Å². The summed E-state index contributed by atoms with van der Waals surface area (Å²) < 4.78 is 10.7. The van der Waals surface area contributed by atoms with Crippen molar-refractivity contribution in [3.05, 3.63) is 5.89 Å². The van der Waals surface area contributed by atoms with Gasteiger partial charge in [-0.1, -0.05) is 12.0 Å². The van der Waals surface area contributed by atoms with Gasteiger partial charge < -0.3 is 19.4 Å². The molecule has 0 aliphatic carbocycles. The van der Waals surface area contributed by atoms with Gasteiger partial charge in [0.25, 0.3) is 0 Å². The molecule has 1 aromatic heterocycles. The highest BCUT2D eigenvalue weighted by Gasteiger charge is 2.16. The second kappa shape index (κ2) is 7.24. The third kappa shape index (κ3) is 3.98. The van der Waals surface area contributed by atoms with Crippen molar-refractivity contribution in [2.45, 2.75) is 26.8 Å². The first-order valence-corrected chi connectivity index (χ1v) is 6.03. The fourth-order valence-electron chi connectivity index (χ4n) is 1.51. The lowest BCUT2D eigenvalue weighted by Crippen LogP contribution is -2.27. The number of hydrogen-bond acceptors (Lipinski definition) is 6. The van der Waals surface area contributed by atoms with Crippen molar-refractivity contribution in [1.29, 1.82) is 0 Å². The van der Waals surface area contributed by atoms with Crippen molar-refractivity contribution in [2.75, 3.05) is 38.3 Å². The van der Waals surface area contributed by atoms with E-state index in [9.17, 15) is 0 Å². The molecule has 0 fully saturated rings. The molecule has 1 N–H and O–H groups in total. The number of aromatic nitrogens is 2. The van der Waals surface area contributed by atoms with Crippen molar-refractivity contribution < 1.29 is 9.15 Å². The van der Waals surface area contributed by atoms with E-state index in [1.54, 1.807) is 7.11 Å². The molecule has 0 saturated heterocycles. The monoisotopic (exact) mass is 242 g/mol. The molecular formula is C11H22N4O2. The quantitative estimate of drug-likeness (QED) is 0.739. The van der Waals surface area contributed by atoms with Crippen LogP contribution in [-0.4, -0.2) is 43.5 Å². The Morgan fingerprint density at radius 3 is 2.76 bits per heavy atom. The summed E-state index contributed by atoms with van der Waals surface area (Å²) in [7, 11) is 1.68. The largest absolute Gasteiger partial charge is 0.406 e. The lowest BCUT2D eigenvalue weighted by Gasteiger charge is -2.17. The van der Waals surface area contributed by atoms with E-state index in [2.05, 4.69) is 15.5 Å². The van der Waals surface area contributed by atoms with Gasteiger partial charge >= 0.3 is 6.01 Å². The lowest BCUT2D eigenvalue weighted by molar-refractivity contribution is 0.204. The van der Waals surface area contributed by atoms with Crippen molar-refractivity contribution >= 4 is 6.01 Å². The first kappa shape index (κ1) is 13.9. The highest BCUT2D eigenvalue weighted by atomic mass is 16.5. The normalized spacial score (nSPS) is 12.7. The van der Waals surface area contributed by atoms with Gasteiger partial charge in [-0.2, -0.15) is 0 Å². The maximum Gasteiger partial charge on any atom is 0.318 e. The smallest absolute Gasteiger partial charge is 0.318 e. The summed E-state index contributed by atoms with van der Waals surface area (Å²) in [5.41, 5.74) is 0. The summed E-state index contributed by atoms with van der Waals surface area (Å²) in [5.74, 6) is 0.623. The van der Waals surface area contributed by atoms with Crippen LogP contribution >= 0.6 is 0 Å². The fraction of sp³-hybridized carbons (Fsp3) is 0.818. The average Bonchev–Trinajstić information content (AvgIpc) is 2.80. The minimum atomic E-state index is 0.0855. The van der Waals surface area contributed by atoms with Gasteiger partial charge in [0.05, 0.1) is 12.6 Å². The minimum absolute atomic E-state index is 0.0855. The summed E-state index contributed by atoms with van der Waals surface area (Å²) in [4.78, 5) is 2.00. The Balaban J connectivity index is 2.64. The number of nitrogens with one attached hydrogen (secondary N) is 1. The van der Waals surface area contributed by atoms with Gasteiger partial charge in [0.15, 0.2) is 0 Å². The number of ether oxygens (including phenoxy) is 1. The summed E-state index contributed by atoms with van der Waals surface area (Å²) in [5, 5.41) is 11.3. The first-order valence-electron chi connectivity index (χ1n) is 6.03. The van der Waals surface area contributed by atoms with Crippen LogP contribution in [0.15, 0.2) is 4.42 Å². The molecule has 17 heavy (non-hydrogen) atoms. The molecule has 0 radical (unpaired) electrons. The van der Waals surface area contributed by atoms with Gasteiger partial charge in [-0.15, -0.1) is 5.10 Å². The van der Waals surface area contributed by atoms with E-state index in [0.717, 1.165) is 19.6 Å². The van der Waals surface area contributed by atoms with Gasteiger partial charge in [-0.3, -0.25) is 0 Å². The molecule has 0 amide bonds. The van der Waals surface area contributed by atoms with Crippen LogP contribution in [0.4, 0.5) is 6.01 Å². The van der Waals surface area contributed by atoms with E-state index in [-0.39, 0.29) is 6.04 Å². The molecule has 6 nitrogen and oxygen atoms in total. The minimum Gasteiger partial charge on any atom is -0.406 e. The zero-order valence-corrected chi connectivity index (χ0v) is 11.1. The Kier molecular flexibility index (Phi) is 5.93. The molecule has 1 aromatic rings. The molecule has 0 saturated carbocycles. The number of anilines is 1. The molecule has 0 aliphatic heterocycles. The molecule has 6 heteroatoms. The second-order valence-corrected chi connectivity index (χ2v) is 3.77. The molecule has 0 aliphatic rings. The van der Waals surface area contributed by atoms with Gasteiger partial charge in [-0.05, 0) is 20.4 Å². The van der Waals surface area contributed by atoms with Crippen molar-refractivity contribution in [1.82, 2.24) is 15.5 Å². The van der Waals surface area contributed by atoms with Crippen LogP contribution in [0.5, 0.6) is 0 Å².